The maximum atomic E-state index is 5.15. The Bertz CT molecular complexity index is 470. The Morgan fingerprint density at radius 3 is 2.71 bits per heavy atom. The van der Waals surface area contributed by atoms with Crippen molar-refractivity contribution in [1.29, 1.82) is 0 Å². The van der Waals surface area contributed by atoms with E-state index in [1.54, 1.807) is 6.20 Å². The minimum Gasteiger partial charge on any atom is -0.336 e. The van der Waals surface area contributed by atoms with E-state index in [2.05, 4.69) is 46.8 Å². The van der Waals surface area contributed by atoms with Gasteiger partial charge in [0.05, 0.1) is 11.1 Å². The molecule has 2 aromatic rings. The molecular formula is C10H11BrN2O. The van der Waals surface area contributed by atoms with Gasteiger partial charge in [0.2, 0.25) is 0 Å². The average molecular weight is 255 g/mol. The van der Waals surface area contributed by atoms with Gasteiger partial charge >= 0.3 is 0 Å². The number of rotatable bonds is 0. The third kappa shape index (κ3) is 1.54. The minimum atomic E-state index is -0.0201. The predicted molar refractivity (Wildman–Crippen MR) is 58.2 cm³/mol. The molecule has 3 nitrogen and oxygen atoms in total. The first-order chi connectivity index (χ1) is 6.48. The molecule has 0 aliphatic rings. The molecule has 0 saturated carbocycles. The summed E-state index contributed by atoms with van der Waals surface area (Å²) in [5.41, 5.74) is 1.52. The molecule has 74 valence electrons. The lowest BCUT2D eigenvalue weighted by Gasteiger charge is -2.13. The van der Waals surface area contributed by atoms with Crippen LogP contribution < -0.4 is 0 Å². The van der Waals surface area contributed by atoms with Crippen LogP contribution in [0, 0.1) is 0 Å². The van der Waals surface area contributed by atoms with Gasteiger partial charge in [-0.1, -0.05) is 25.9 Å². The number of pyridine rings is 1. The summed E-state index contributed by atoms with van der Waals surface area (Å²) in [4.78, 5) is 4.14. The Kier molecular flexibility index (Phi) is 2.10. The van der Waals surface area contributed by atoms with Crippen LogP contribution in [0.3, 0.4) is 0 Å². The molecule has 0 spiro atoms. The van der Waals surface area contributed by atoms with E-state index in [1.165, 1.54) is 0 Å². The molecule has 2 rings (SSSR count). The second-order valence-electron chi connectivity index (χ2n) is 4.29. The van der Waals surface area contributed by atoms with Crippen molar-refractivity contribution in [2.24, 2.45) is 0 Å². The summed E-state index contributed by atoms with van der Waals surface area (Å²) in [5.74, 6) is 0. The molecule has 0 atom stereocenters. The fraction of sp³-hybridized carbons (Fsp3) is 0.400. The van der Waals surface area contributed by atoms with Gasteiger partial charge in [0.1, 0.15) is 0 Å². The first kappa shape index (κ1) is 9.65. The summed E-state index contributed by atoms with van der Waals surface area (Å²) in [6.07, 6.45) is 1.71. The van der Waals surface area contributed by atoms with Crippen LogP contribution in [0.25, 0.3) is 11.1 Å². The third-order valence-corrected chi connectivity index (χ3v) is 2.44. The lowest BCUT2D eigenvalue weighted by molar-refractivity contribution is 0.414. The molecule has 14 heavy (non-hydrogen) atoms. The number of hydrogen-bond donors (Lipinski definition) is 0. The smallest absolute Gasteiger partial charge is 0.258 e. The summed E-state index contributed by atoms with van der Waals surface area (Å²) in [5, 5.41) is 5.03. The van der Waals surface area contributed by atoms with Crippen LogP contribution in [-0.4, -0.2) is 10.1 Å². The molecule has 0 radical (unpaired) electrons. The highest BCUT2D eigenvalue weighted by atomic mass is 79.9. The fourth-order valence-electron chi connectivity index (χ4n) is 1.35. The van der Waals surface area contributed by atoms with Gasteiger partial charge in [-0.2, -0.15) is 0 Å². The molecule has 0 N–H and O–H groups in total. The highest BCUT2D eigenvalue weighted by molar-refractivity contribution is 9.10. The van der Waals surface area contributed by atoms with Crippen LogP contribution in [0.15, 0.2) is 21.3 Å². The number of hydrogen-bond acceptors (Lipinski definition) is 3. The lowest BCUT2D eigenvalue weighted by atomic mass is 9.90. The zero-order valence-corrected chi connectivity index (χ0v) is 9.92. The molecule has 0 aliphatic heterocycles. The molecule has 0 aromatic carbocycles. The normalized spacial score (nSPS) is 12.3. The van der Waals surface area contributed by atoms with Gasteiger partial charge in [0, 0.05) is 16.1 Å². The highest BCUT2D eigenvalue weighted by Crippen LogP contribution is 2.29. The zero-order chi connectivity index (χ0) is 10.3. The molecule has 0 unspecified atom stereocenters. The molecule has 0 amide bonds. The maximum absolute atomic E-state index is 5.15. The van der Waals surface area contributed by atoms with Crippen molar-refractivity contribution in [3.63, 3.8) is 0 Å². The van der Waals surface area contributed by atoms with Crippen LogP contribution in [0.4, 0.5) is 0 Å². The quantitative estimate of drug-likeness (QED) is 0.725. The summed E-state index contributed by atoms with van der Waals surface area (Å²) >= 11 is 3.39. The monoisotopic (exact) mass is 254 g/mol. The SMILES string of the molecule is CC(C)(C)c1noc2ncc(Br)cc12. The third-order valence-electron chi connectivity index (χ3n) is 2.01. The van der Waals surface area contributed by atoms with Crippen molar-refractivity contribution in [2.45, 2.75) is 26.2 Å². The summed E-state index contributed by atoms with van der Waals surface area (Å²) < 4.78 is 6.09. The van der Waals surface area contributed by atoms with E-state index in [1.807, 2.05) is 6.07 Å². The second kappa shape index (κ2) is 3.05. The van der Waals surface area contributed by atoms with Crippen LogP contribution in [0.5, 0.6) is 0 Å². The minimum absolute atomic E-state index is 0.0201. The van der Waals surface area contributed by atoms with Crippen LogP contribution in [0.1, 0.15) is 26.5 Å². The van der Waals surface area contributed by atoms with E-state index < -0.39 is 0 Å². The predicted octanol–water partition coefficient (Wildman–Crippen LogP) is 3.28. The Labute approximate surface area is 90.6 Å². The maximum Gasteiger partial charge on any atom is 0.258 e. The highest BCUT2D eigenvalue weighted by Gasteiger charge is 2.22. The molecule has 2 aromatic heterocycles. The largest absolute Gasteiger partial charge is 0.336 e. The first-order valence-electron chi connectivity index (χ1n) is 4.40. The van der Waals surface area contributed by atoms with Crippen LogP contribution >= 0.6 is 15.9 Å². The van der Waals surface area contributed by atoms with Crippen molar-refractivity contribution < 1.29 is 4.52 Å². The molecule has 0 saturated heterocycles. The van der Waals surface area contributed by atoms with E-state index in [4.69, 9.17) is 4.52 Å². The van der Waals surface area contributed by atoms with Gasteiger partial charge in [0.15, 0.2) is 0 Å². The standard InChI is InChI=1S/C10H11BrN2O/c1-10(2,3)8-7-4-6(11)5-12-9(7)14-13-8/h4-5H,1-3H3. The molecule has 4 heteroatoms. The van der Waals surface area contributed by atoms with Crippen molar-refractivity contribution in [2.75, 3.05) is 0 Å². The van der Waals surface area contributed by atoms with Crippen molar-refractivity contribution in [3.8, 4) is 0 Å². The number of nitrogens with zero attached hydrogens (tertiary/aromatic N) is 2. The van der Waals surface area contributed by atoms with Gasteiger partial charge < -0.3 is 4.52 Å². The van der Waals surface area contributed by atoms with E-state index in [0.29, 0.717) is 5.71 Å². The van der Waals surface area contributed by atoms with E-state index in [9.17, 15) is 0 Å². The fourth-order valence-corrected chi connectivity index (χ4v) is 1.68. The Morgan fingerprint density at radius 1 is 1.36 bits per heavy atom. The van der Waals surface area contributed by atoms with Crippen LogP contribution in [0.2, 0.25) is 0 Å². The van der Waals surface area contributed by atoms with E-state index in [0.717, 1.165) is 15.6 Å². The van der Waals surface area contributed by atoms with Crippen molar-refractivity contribution in [1.82, 2.24) is 10.1 Å². The number of halogens is 1. The van der Waals surface area contributed by atoms with Gasteiger partial charge in [-0.05, 0) is 22.0 Å². The molecule has 0 aliphatic carbocycles. The topological polar surface area (TPSA) is 38.9 Å². The summed E-state index contributed by atoms with van der Waals surface area (Å²) in [7, 11) is 0. The Morgan fingerprint density at radius 2 is 2.07 bits per heavy atom. The lowest BCUT2D eigenvalue weighted by Crippen LogP contribution is -2.11. The van der Waals surface area contributed by atoms with Crippen molar-refractivity contribution >= 4 is 27.0 Å². The molecule has 2 heterocycles. The zero-order valence-electron chi connectivity index (χ0n) is 8.34. The van der Waals surface area contributed by atoms with Gasteiger partial charge in [-0.15, -0.1) is 0 Å². The Hall–Kier alpha value is -0.900. The average Bonchev–Trinajstić information content (AvgIpc) is 2.45. The summed E-state index contributed by atoms with van der Waals surface area (Å²) in [6, 6.07) is 1.99. The first-order valence-corrected chi connectivity index (χ1v) is 5.19. The summed E-state index contributed by atoms with van der Waals surface area (Å²) in [6.45, 7) is 6.31. The molecule has 0 bridgehead atoms. The van der Waals surface area contributed by atoms with Gasteiger partial charge in [-0.25, -0.2) is 4.98 Å². The van der Waals surface area contributed by atoms with E-state index in [-0.39, 0.29) is 5.41 Å². The second-order valence-corrected chi connectivity index (χ2v) is 5.20. The van der Waals surface area contributed by atoms with Gasteiger partial charge in [-0.3, -0.25) is 0 Å². The number of aromatic nitrogens is 2. The van der Waals surface area contributed by atoms with E-state index >= 15 is 0 Å². The van der Waals surface area contributed by atoms with Gasteiger partial charge in [0.25, 0.3) is 5.71 Å². The van der Waals surface area contributed by atoms with Crippen molar-refractivity contribution in [3.05, 3.63) is 22.4 Å². The molecular weight excluding hydrogens is 244 g/mol. The Balaban J connectivity index is 2.73. The number of fused-ring (bicyclic) bond motifs is 1. The molecule has 0 fully saturated rings. The van der Waals surface area contributed by atoms with Crippen LogP contribution in [-0.2, 0) is 5.41 Å².